The molecule has 324 valence electrons. The first-order chi connectivity index (χ1) is 26.8. The zero-order valence-corrected chi connectivity index (χ0v) is 38.3. The van der Waals surface area contributed by atoms with Gasteiger partial charge in [0.25, 0.3) is 0 Å². The van der Waals surface area contributed by atoms with Gasteiger partial charge < -0.3 is 0 Å². The van der Waals surface area contributed by atoms with Crippen LogP contribution < -0.4 is 0 Å². The first-order valence-electron chi connectivity index (χ1n) is 26.3. The van der Waals surface area contributed by atoms with Gasteiger partial charge in [0, 0.05) is 12.8 Å². The van der Waals surface area contributed by atoms with Crippen LogP contribution in [0.1, 0.15) is 335 Å². The normalized spacial score (nSPS) is 11.6. The molecule has 0 unspecified atom stereocenters. The number of ketones is 1. The molecule has 0 aliphatic rings. The Hall–Kier alpha value is -0.330. The molecule has 1 heteroatoms. The van der Waals surface area contributed by atoms with Crippen molar-refractivity contribution in [3.63, 3.8) is 0 Å². The van der Waals surface area contributed by atoms with E-state index in [2.05, 4.69) is 13.8 Å². The molecule has 0 aromatic heterocycles. The van der Waals surface area contributed by atoms with Gasteiger partial charge >= 0.3 is 0 Å². The van der Waals surface area contributed by atoms with Gasteiger partial charge in [0.2, 0.25) is 0 Å². The van der Waals surface area contributed by atoms with Gasteiger partial charge in [-0.05, 0) is 12.8 Å². The highest BCUT2D eigenvalue weighted by Crippen LogP contribution is 2.18. The van der Waals surface area contributed by atoms with Gasteiger partial charge in [-0.1, -0.05) is 309 Å². The van der Waals surface area contributed by atoms with Crippen molar-refractivity contribution >= 4 is 5.78 Å². The molecule has 54 heavy (non-hydrogen) atoms. The first-order valence-corrected chi connectivity index (χ1v) is 26.3. The Morgan fingerprint density at radius 3 is 0.426 bits per heavy atom. The van der Waals surface area contributed by atoms with E-state index in [0.29, 0.717) is 5.78 Å². The lowest BCUT2D eigenvalue weighted by molar-refractivity contribution is -0.119. The quantitative estimate of drug-likeness (QED) is 0.0565. The summed E-state index contributed by atoms with van der Waals surface area (Å²) in [5.74, 6) is 0.535. The zero-order valence-electron chi connectivity index (χ0n) is 38.3. The third-order valence-electron chi connectivity index (χ3n) is 12.6. The van der Waals surface area contributed by atoms with E-state index in [9.17, 15) is 4.79 Å². The van der Waals surface area contributed by atoms with Crippen LogP contribution in [0.15, 0.2) is 0 Å². The molecular weight excluding hydrogens is 653 g/mol. The third-order valence-corrected chi connectivity index (χ3v) is 12.6. The maximum Gasteiger partial charge on any atom is 0.132 e. The van der Waals surface area contributed by atoms with E-state index in [4.69, 9.17) is 0 Å². The Morgan fingerprint density at radius 2 is 0.296 bits per heavy atom. The molecule has 0 radical (unpaired) electrons. The number of unbranched alkanes of at least 4 members (excludes halogenated alkanes) is 46. The molecule has 0 atom stereocenters. The van der Waals surface area contributed by atoms with Gasteiger partial charge in [0.05, 0.1) is 0 Å². The second kappa shape index (κ2) is 50.7. The minimum atomic E-state index is 0.535. The summed E-state index contributed by atoms with van der Waals surface area (Å²) in [6.45, 7) is 4.61. The van der Waals surface area contributed by atoms with Crippen LogP contribution in [0.3, 0.4) is 0 Å². The summed E-state index contributed by atoms with van der Waals surface area (Å²) >= 11 is 0. The molecule has 0 spiro atoms. The largest absolute Gasteiger partial charge is 0.300 e. The van der Waals surface area contributed by atoms with E-state index in [1.54, 1.807) is 0 Å². The number of carbonyl (C=O) groups is 1. The van der Waals surface area contributed by atoms with Crippen molar-refractivity contribution in [2.24, 2.45) is 0 Å². The Morgan fingerprint density at radius 1 is 0.185 bits per heavy atom. The van der Waals surface area contributed by atoms with Crippen LogP contribution >= 0.6 is 0 Å². The molecule has 0 aliphatic heterocycles. The molecule has 0 rings (SSSR count). The van der Waals surface area contributed by atoms with Crippen molar-refractivity contribution in [3.05, 3.63) is 0 Å². The lowest BCUT2D eigenvalue weighted by Crippen LogP contribution is -1.97. The fraction of sp³-hybridized carbons (Fsp3) is 0.981. The van der Waals surface area contributed by atoms with Crippen LogP contribution in [0.4, 0.5) is 0 Å². The predicted molar refractivity (Wildman–Crippen MR) is 247 cm³/mol. The molecular formula is C53H106O. The van der Waals surface area contributed by atoms with Gasteiger partial charge in [-0.2, -0.15) is 0 Å². The van der Waals surface area contributed by atoms with Crippen molar-refractivity contribution in [2.45, 2.75) is 335 Å². The fourth-order valence-electron chi connectivity index (χ4n) is 8.69. The summed E-state index contributed by atoms with van der Waals surface area (Å²) in [6.07, 6.45) is 70.2. The Kier molecular flexibility index (Phi) is 50.4. The zero-order chi connectivity index (χ0) is 38.9. The summed E-state index contributed by atoms with van der Waals surface area (Å²) < 4.78 is 0. The predicted octanol–water partition coefficient (Wildman–Crippen LogP) is 20.1. The van der Waals surface area contributed by atoms with Crippen molar-refractivity contribution < 1.29 is 4.79 Å². The number of Topliss-reactive ketones (excluding diaryl/α,β-unsaturated/α-hetero) is 1. The highest BCUT2D eigenvalue weighted by molar-refractivity contribution is 5.78. The van der Waals surface area contributed by atoms with Crippen molar-refractivity contribution in [2.75, 3.05) is 0 Å². The summed E-state index contributed by atoms with van der Waals surface area (Å²) in [4.78, 5) is 12.3. The standard InChI is InChI=1S/C53H106O/c1-3-5-7-9-11-13-15-17-19-21-23-25-27-29-31-33-35-37-39-41-43-45-47-49-51-53(54)52-50-48-46-44-42-40-38-36-34-32-30-28-26-24-22-20-18-16-14-12-10-8-6-4-2/h3-52H2,1-2H3. The van der Waals surface area contributed by atoms with Crippen LogP contribution in [0.2, 0.25) is 0 Å². The third kappa shape index (κ3) is 49.7. The van der Waals surface area contributed by atoms with Crippen molar-refractivity contribution in [1.29, 1.82) is 0 Å². The number of hydrogen-bond donors (Lipinski definition) is 0. The van der Waals surface area contributed by atoms with Crippen LogP contribution in [-0.4, -0.2) is 5.78 Å². The lowest BCUT2D eigenvalue weighted by atomic mass is 10.0. The van der Waals surface area contributed by atoms with Gasteiger partial charge in [-0.25, -0.2) is 0 Å². The van der Waals surface area contributed by atoms with Crippen molar-refractivity contribution in [1.82, 2.24) is 0 Å². The highest BCUT2D eigenvalue weighted by atomic mass is 16.1. The second-order valence-electron chi connectivity index (χ2n) is 18.3. The van der Waals surface area contributed by atoms with Crippen LogP contribution in [0, 0.1) is 0 Å². The van der Waals surface area contributed by atoms with E-state index in [0.717, 1.165) is 25.7 Å². The van der Waals surface area contributed by atoms with E-state index >= 15 is 0 Å². The average molecular weight is 759 g/mol. The molecule has 0 bridgehead atoms. The smallest absolute Gasteiger partial charge is 0.132 e. The molecule has 0 aromatic carbocycles. The summed E-state index contributed by atoms with van der Waals surface area (Å²) in [6, 6.07) is 0. The maximum atomic E-state index is 12.3. The van der Waals surface area contributed by atoms with Gasteiger partial charge in [-0.3, -0.25) is 4.79 Å². The molecule has 1 nitrogen and oxygen atoms in total. The Labute approximate surface area is 344 Å². The number of hydrogen-bond acceptors (Lipinski definition) is 1. The molecule has 0 amide bonds. The second-order valence-corrected chi connectivity index (χ2v) is 18.3. The van der Waals surface area contributed by atoms with Crippen LogP contribution in [0.5, 0.6) is 0 Å². The fourth-order valence-corrected chi connectivity index (χ4v) is 8.69. The number of carbonyl (C=O) groups excluding carboxylic acids is 1. The molecule has 0 N–H and O–H groups in total. The van der Waals surface area contributed by atoms with E-state index in [1.807, 2.05) is 0 Å². The van der Waals surface area contributed by atoms with Crippen LogP contribution in [-0.2, 0) is 4.79 Å². The monoisotopic (exact) mass is 759 g/mol. The average Bonchev–Trinajstić information content (AvgIpc) is 3.18. The van der Waals surface area contributed by atoms with E-state index < -0.39 is 0 Å². The SMILES string of the molecule is CCCCCCCCCCCCCCCCCCCCCCCCCCC(=O)CCCCCCCCCCCCCCCCCCCCCCCCCC. The Balaban J connectivity index is 3.14. The van der Waals surface area contributed by atoms with Crippen molar-refractivity contribution in [3.8, 4) is 0 Å². The molecule has 0 aromatic rings. The number of rotatable bonds is 50. The summed E-state index contributed by atoms with van der Waals surface area (Å²) in [5.41, 5.74) is 0. The molecule has 0 saturated heterocycles. The van der Waals surface area contributed by atoms with Gasteiger partial charge in [0.1, 0.15) is 5.78 Å². The molecule has 0 saturated carbocycles. The minimum absolute atomic E-state index is 0.535. The topological polar surface area (TPSA) is 17.1 Å². The highest BCUT2D eigenvalue weighted by Gasteiger charge is 2.03. The van der Waals surface area contributed by atoms with E-state index in [-0.39, 0.29) is 0 Å². The molecule has 0 aliphatic carbocycles. The molecule has 0 heterocycles. The minimum Gasteiger partial charge on any atom is -0.300 e. The summed E-state index contributed by atoms with van der Waals surface area (Å²) in [5, 5.41) is 0. The van der Waals surface area contributed by atoms with Crippen LogP contribution in [0.25, 0.3) is 0 Å². The van der Waals surface area contributed by atoms with E-state index in [1.165, 1.54) is 295 Å². The van der Waals surface area contributed by atoms with Gasteiger partial charge in [0.15, 0.2) is 0 Å². The first kappa shape index (κ1) is 53.7. The molecule has 0 fully saturated rings. The Bertz CT molecular complexity index is 600. The maximum absolute atomic E-state index is 12.3. The summed E-state index contributed by atoms with van der Waals surface area (Å²) in [7, 11) is 0. The van der Waals surface area contributed by atoms with Gasteiger partial charge in [-0.15, -0.1) is 0 Å². The lowest BCUT2D eigenvalue weighted by Gasteiger charge is -2.05.